The number of hydrogen-bond donors (Lipinski definition) is 1. The number of carboxylic acids is 1. The van der Waals surface area contributed by atoms with Crippen LogP contribution in [0.25, 0.3) is 0 Å². The highest BCUT2D eigenvalue weighted by atomic mass is 16.5. The van der Waals surface area contributed by atoms with Crippen molar-refractivity contribution in [2.75, 3.05) is 20.3 Å². The summed E-state index contributed by atoms with van der Waals surface area (Å²) in [5, 5.41) is 8.87. The molecule has 0 spiro atoms. The second-order valence-corrected chi connectivity index (χ2v) is 4.46. The van der Waals surface area contributed by atoms with Gasteiger partial charge >= 0.3 is 5.97 Å². The van der Waals surface area contributed by atoms with Crippen LogP contribution in [0.2, 0.25) is 0 Å². The van der Waals surface area contributed by atoms with Gasteiger partial charge in [-0.05, 0) is 11.8 Å². The SMILES string of the molecule is COCCOC(CC(C)(C)C)C(=O)O. The van der Waals surface area contributed by atoms with Crippen LogP contribution in [-0.4, -0.2) is 37.5 Å². The first-order valence-corrected chi connectivity index (χ1v) is 4.70. The summed E-state index contributed by atoms with van der Waals surface area (Å²) in [5.74, 6) is -0.906. The van der Waals surface area contributed by atoms with E-state index in [9.17, 15) is 4.79 Å². The number of rotatable bonds is 6. The van der Waals surface area contributed by atoms with Gasteiger partial charge in [-0.1, -0.05) is 20.8 Å². The van der Waals surface area contributed by atoms with Gasteiger partial charge in [0.25, 0.3) is 0 Å². The Hall–Kier alpha value is -0.610. The Morgan fingerprint density at radius 3 is 2.29 bits per heavy atom. The van der Waals surface area contributed by atoms with Crippen molar-refractivity contribution >= 4 is 5.97 Å². The van der Waals surface area contributed by atoms with E-state index in [0.29, 0.717) is 19.6 Å². The van der Waals surface area contributed by atoms with Gasteiger partial charge in [-0.2, -0.15) is 0 Å². The highest BCUT2D eigenvalue weighted by molar-refractivity contribution is 5.72. The van der Waals surface area contributed by atoms with Gasteiger partial charge in [0.1, 0.15) is 0 Å². The van der Waals surface area contributed by atoms with Crippen LogP contribution in [-0.2, 0) is 14.3 Å². The normalized spacial score (nSPS) is 14.0. The van der Waals surface area contributed by atoms with Crippen molar-refractivity contribution < 1.29 is 19.4 Å². The minimum absolute atomic E-state index is 0.0455. The molecular weight excluding hydrogens is 184 g/mol. The molecule has 0 saturated heterocycles. The maximum Gasteiger partial charge on any atom is 0.332 e. The zero-order valence-electron chi connectivity index (χ0n) is 9.37. The molecule has 0 aromatic rings. The Bertz CT molecular complexity index is 171. The predicted octanol–water partition coefficient (Wildman–Crippen LogP) is 1.54. The first kappa shape index (κ1) is 13.4. The average Bonchev–Trinajstić information content (AvgIpc) is 2.00. The smallest absolute Gasteiger partial charge is 0.332 e. The Kier molecular flexibility index (Phi) is 5.72. The van der Waals surface area contributed by atoms with Gasteiger partial charge in [0.15, 0.2) is 6.10 Å². The molecule has 0 aliphatic heterocycles. The lowest BCUT2D eigenvalue weighted by Gasteiger charge is -2.23. The van der Waals surface area contributed by atoms with E-state index in [2.05, 4.69) is 0 Å². The predicted molar refractivity (Wildman–Crippen MR) is 53.3 cm³/mol. The lowest BCUT2D eigenvalue weighted by atomic mass is 9.89. The van der Waals surface area contributed by atoms with Crippen molar-refractivity contribution in [2.45, 2.75) is 33.3 Å². The van der Waals surface area contributed by atoms with Crippen molar-refractivity contribution in [2.24, 2.45) is 5.41 Å². The second-order valence-electron chi connectivity index (χ2n) is 4.46. The largest absolute Gasteiger partial charge is 0.479 e. The monoisotopic (exact) mass is 204 g/mol. The highest BCUT2D eigenvalue weighted by Crippen LogP contribution is 2.22. The molecule has 84 valence electrons. The number of carbonyl (C=O) groups is 1. The Balaban J connectivity index is 3.97. The van der Waals surface area contributed by atoms with Gasteiger partial charge in [0.2, 0.25) is 0 Å². The van der Waals surface area contributed by atoms with Crippen LogP contribution >= 0.6 is 0 Å². The third-order valence-corrected chi connectivity index (χ3v) is 1.68. The average molecular weight is 204 g/mol. The third kappa shape index (κ3) is 6.86. The van der Waals surface area contributed by atoms with E-state index in [0.717, 1.165) is 0 Å². The first-order chi connectivity index (χ1) is 6.37. The summed E-state index contributed by atoms with van der Waals surface area (Å²) >= 11 is 0. The van der Waals surface area contributed by atoms with E-state index in [1.807, 2.05) is 20.8 Å². The van der Waals surface area contributed by atoms with Crippen molar-refractivity contribution in [1.82, 2.24) is 0 Å². The molecule has 0 saturated carbocycles. The van der Waals surface area contributed by atoms with E-state index < -0.39 is 12.1 Å². The van der Waals surface area contributed by atoms with Crippen LogP contribution in [0.3, 0.4) is 0 Å². The summed E-state index contributed by atoms with van der Waals surface area (Å²) in [4.78, 5) is 10.8. The molecule has 0 fully saturated rings. The van der Waals surface area contributed by atoms with Gasteiger partial charge in [-0.3, -0.25) is 0 Å². The van der Waals surface area contributed by atoms with Gasteiger partial charge in [0.05, 0.1) is 13.2 Å². The van der Waals surface area contributed by atoms with Crippen LogP contribution in [0.15, 0.2) is 0 Å². The van der Waals surface area contributed by atoms with Crippen molar-refractivity contribution in [1.29, 1.82) is 0 Å². The summed E-state index contributed by atoms with van der Waals surface area (Å²) in [7, 11) is 1.56. The molecule has 0 amide bonds. The van der Waals surface area contributed by atoms with E-state index in [1.54, 1.807) is 7.11 Å². The lowest BCUT2D eigenvalue weighted by molar-refractivity contribution is -0.153. The van der Waals surface area contributed by atoms with Crippen molar-refractivity contribution in [3.63, 3.8) is 0 Å². The van der Waals surface area contributed by atoms with Crippen molar-refractivity contribution in [3.05, 3.63) is 0 Å². The zero-order valence-corrected chi connectivity index (χ0v) is 9.37. The fourth-order valence-corrected chi connectivity index (χ4v) is 1.05. The molecule has 0 heterocycles. The molecular formula is C10H20O4. The number of hydrogen-bond acceptors (Lipinski definition) is 3. The number of methoxy groups -OCH3 is 1. The second kappa shape index (κ2) is 5.98. The van der Waals surface area contributed by atoms with Crippen LogP contribution in [0.1, 0.15) is 27.2 Å². The molecule has 0 aromatic carbocycles. The summed E-state index contributed by atoms with van der Waals surface area (Å²) in [5.41, 5.74) is -0.0455. The molecule has 0 aliphatic carbocycles. The molecule has 14 heavy (non-hydrogen) atoms. The quantitative estimate of drug-likeness (QED) is 0.667. The lowest BCUT2D eigenvalue weighted by Crippen LogP contribution is -2.30. The Morgan fingerprint density at radius 2 is 1.93 bits per heavy atom. The molecule has 1 N–H and O–H groups in total. The van der Waals surface area contributed by atoms with Crippen molar-refractivity contribution in [3.8, 4) is 0 Å². The Labute approximate surface area is 85.2 Å². The summed E-state index contributed by atoms with van der Waals surface area (Å²) in [6.07, 6.45) is -0.225. The molecule has 0 aromatic heterocycles. The maximum atomic E-state index is 10.8. The highest BCUT2D eigenvalue weighted by Gasteiger charge is 2.24. The van der Waals surface area contributed by atoms with Gasteiger partial charge in [-0.25, -0.2) is 4.79 Å². The first-order valence-electron chi connectivity index (χ1n) is 4.70. The topological polar surface area (TPSA) is 55.8 Å². The van der Waals surface area contributed by atoms with Crippen LogP contribution in [0.5, 0.6) is 0 Å². The Morgan fingerprint density at radius 1 is 1.36 bits per heavy atom. The zero-order chi connectivity index (χ0) is 11.2. The van der Waals surface area contributed by atoms with Gasteiger partial charge < -0.3 is 14.6 Å². The molecule has 0 radical (unpaired) electrons. The van der Waals surface area contributed by atoms with Crippen LogP contribution < -0.4 is 0 Å². The molecule has 1 atom stereocenters. The van der Waals surface area contributed by atoms with Crippen LogP contribution in [0, 0.1) is 5.41 Å². The molecule has 4 heteroatoms. The van der Waals surface area contributed by atoms with E-state index in [4.69, 9.17) is 14.6 Å². The fourth-order valence-electron chi connectivity index (χ4n) is 1.05. The number of carboxylic acid groups (broad SMARTS) is 1. The molecule has 0 aliphatic rings. The van der Waals surface area contributed by atoms with E-state index in [1.165, 1.54) is 0 Å². The number of aliphatic carboxylic acids is 1. The third-order valence-electron chi connectivity index (χ3n) is 1.68. The molecule has 0 bridgehead atoms. The minimum Gasteiger partial charge on any atom is -0.479 e. The molecule has 4 nitrogen and oxygen atoms in total. The van der Waals surface area contributed by atoms with E-state index in [-0.39, 0.29) is 5.41 Å². The van der Waals surface area contributed by atoms with E-state index >= 15 is 0 Å². The van der Waals surface area contributed by atoms with Gasteiger partial charge in [0, 0.05) is 7.11 Å². The standard InChI is InChI=1S/C10H20O4/c1-10(2,3)7-8(9(11)12)14-6-5-13-4/h8H,5-7H2,1-4H3,(H,11,12). The van der Waals surface area contributed by atoms with Gasteiger partial charge in [-0.15, -0.1) is 0 Å². The van der Waals surface area contributed by atoms with Crippen LogP contribution in [0.4, 0.5) is 0 Å². The maximum absolute atomic E-state index is 10.8. The fraction of sp³-hybridized carbons (Fsp3) is 0.900. The number of ether oxygens (including phenoxy) is 2. The summed E-state index contributed by atoms with van der Waals surface area (Å²) in [6, 6.07) is 0. The summed E-state index contributed by atoms with van der Waals surface area (Å²) in [6.45, 7) is 6.71. The molecule has 1 unspecified atom stereocenters. The minimum atomic E-state index is -0.906. The molecule has 0 rings (SSSR count). The summed E-state index contributed by atoms with van der Waals surface area (Å²) < 4.78 is 9.98.